The van der Waals surface area contributed by atoms with Crippen LogP contribution in [0.3, 0.4) is 0 Å². The molecule has 5 unspecified atom stereocenters. The number of fused-ring (bicyclic) bond motifs is 5. The fraction of sp³-hybridized carbons (Fsp3) is 0.929. The maximum atomic E-state index is 2.46. The minimum absolute atomic E-state index is 0.923. The maximum absolute atomic E-state index is 2.46. The Labute approximate surface area is 88.5 Å². The van der Waals surface area contributed by atoms with Gasteiger partial charge in [-0.2, -0.15) is 0 Å². The van der Waals surface area contributed by atoms with Gasteiger partial charge in [-0.1, -0.05) is 26.7 Å². The summed E-state index contributed by atoms with van der Waals surface area (Å²) in [5.41, 5.74) is 0. The second-order valence-electron chi connectivity index (χ2n) is 5.95. The zero-order chi connectivity index (χ0) is 9.71. The Morgan fingerprint density at radius 3 is 2.86 bits per heavy atom. The van der Waals surface area contributed by atoms with Crippen LogP contribution in [0.5, 0.6) is 0 Å². The van der Waals surface area contributed by atoms with Crippen LogP contribution >= 0.6 is 0 Å². The van der Waals surface area contributed by atoms with Crippen molar-refractivity contribution in [1.82, 2.24) is 0 Å². The third-order valence-corrected chi connectivity index (χ3v) is 5.52. The molecule has 0 aromatic rings. The molecule has 2 bridgehead atoms. The van der Waals surface area contributed by atoms with Crippen molar-refractivity contribution in [2.24, 2.45) is 29.6 Å². The van der Waals surface area contributed by atoms with Crippen molar-refractivity contribution in [2.45, 2.75) is 52.4 Å². The van der Waals surface area contributed by atoms with E-state index in [0.29, 0.717) is 0 Å². The molecule has 3 rings (SSSR count). The fourth-order valence-electron chi connectivity index (χ4n) is 4.72. The molecular formula is C14H23. The molecule has 0 heteroatoms. The van der Waals surface area contributed by atoms with Crippen molar-refractivity contribution in [2.75, 3.05) is 0 Å². The molecular weight excluding hydrogens is 168 g/mol. The molecule has 3 aliphatic rings. The largest absolute Gasteiger partial charge is 0.0651 e. The van der Waals surface area contributed by atoms with Gasteiger partial charge < -0.3 is 0 Å². The first-order valence-corrected chi connectivity index (χ1v) is 6.66. The standard InChI is InChI=1S/C14H23/c1-3-9(2)13-7-10-8-14(13)12-6-4-5-11(10)12/h9-12,14H,3-8H2,1-2H3. The Hall–Kier alpha value is 0. The summed E-state index contributed by atoms with van der Waals surface area (Å²) in [7, 11) is 0. The lowest BCUT2D eigenvalue weighted by Crippen LogP contribution is -2.26. The van der Waals surface area contributed by atoms with E-state index in [0.717, 1.165) is 29.6 Å². The first-order valence-electron chi connectivity index (χ1n) is 6.66. The summed E-state index contributed by atoms with van der Waals surface area (Å²) in [4.78, 5) is 0. The van der Waals surface area contributed by atoms with E-state index >= 15 is 0 Å². The van der Waals surface area contributed by atoms with Gasteiger partial charge in [0.25, 0.3) is 0 Å². The molecule has 0 aromatic carbocycles. The molecule has 0 heterocycles. The third kappa shape index (κ3) is 1.12. The topological polar surface area (TPSA) is 0 Å². The minimum atomic E-state index is 0.923. The Balaban J connectivity index is 1.77. The molecule has 0 nitrogen and oxygen atoms in total. The van der Waals surface area contributed by atoms with Crippen LogP contribution in [0.4, 0.5) is 0 Å². The smallest absolute Gasteiger partial charge is 0.0176 e. The number of rotatable bonds is 2. The highest BCUT2D eigenvalue weighted by Crippen LogP contribution is 2.63. The molecule has 14 heavy (non-hydrogen) atoms. The van der Waals surface area contributed by atoms with Crippen molar-refractivity contribution in [1.29, 1.82) is 0 Å². The van der Waals surface area contributed by atoms with E-state index in [1.807, 2.05) is 5.92 Å². The van der Waals surface area contributed by atoms with Gasteiger partial charge in [0.1, 0.15) is 0 Å². The molecule has 3 saturated carbocycles. The van der Waals surface area contributed by atoms with Crippen LogP contribution in [0.15, 0.2) is 0 Å². The second kappa shape index (κ2) is 3.25. The Bertz CT molecular complexity index is 220. The Kier molecular flexibility index (Phi) is 2.15. The maximum Gasteiger partial charge on any atom is -0.0176 e. The Morgan fingerprint density at radius 2 is 2.07 bits per heavy atom. The highest BCUT2D eigenvalue weighted by Gasteiger charge is 2.54. The van der Waals surface area contributed by atoms with Crippen LogP contribution in [0, 0.1) is 35.5 Å². The lowest BCUT2D eigenvalue weighted by atomic mass is 9.71. The molecule has 0 aromatic heterocycles. The Morgan fingerprint density at radius 1 is 1.29 bits per heavy atom. The van der Waals surface area contributed by atoms with E-state index in [1.54, 1.807) is 19.3 Å². The summed E-state index contributed by atoms with van der Waals surface area (Å²) in [6.45, 7) is 4.82. The van der Waals surface area contributed by atoms with Crippen molar-refractivity contribution >= 4 is 0 Å². The van der Waals surface area contributed by atoms with Gasteiger partial charge in [0.15, 0.2) is 0 Å². The summed E-state index contributed by atoms with van der Waals surface area (Å²) in [6, 6.07) is 0. The normalized spacial score (nSPS) is 48.4. The summed E-state index contributed by atoms with van der Waals surface area (Å²) in [5, 5.41) is 0. The van der Waals surface area contributed by atoms with Crippen LogP contribution in [-0.2, 0) is 0 Å². The summed E-state index contributed by atoms with van der Waals surface area (Å²) >= 11 is 0. The van der Waals surface area contributed by atoms with Crippen LogP contribution < -0.4 is 0 Å². The molecule has 1 radical (unpaired) electrons. The van der Waals surface area contributed by atoms with Gasteiger partial charge >= 0.3 is 0 Å². The van der Waals surface area contributed by atoms with Crippen LogP contribution in [0.25, 0.3) is 0 Å². The summed E-state index contributed by atoms with van der Waals surface area (Å²) in [5.74, 6) is 7.39. The SMILES string of the molecule is CCC(C)[C]1CC2CC1C1CCCC21. The molecule has 0 N–H and O–H groups in total. The zero-order valence-corrected chi connectivity index (χ0v) is 9.63. The number of hydrogen-bond acceptors (Lipinski definition) is 0. The second-order valence-corrected chi connectivity index (χ2v) is 5.95. The van der Waals surface area contributed by atoms with Crippen molar-refractivity contribution in [3.05, 3.63) is 5.92 Å². The van der Waals surface area contributed by atoms with E-state index in [4.69, 9.17) is 0 Å². The molecule has 79 valence electrons. The van der Waals surface area contributed by atoms with Gasteiger partial charge in [-0.3, -0.25) is 0 Å². The molecule has 3 aliphatic carbocycles. The minimum Gasteiger partial charge on any atom is -0.0651 e. The first kappa shape index (κ1) is 9.24. The van der Waals surface area contributed by atoms with Gasteiger partial charge in [0.2, 0.25) is 0 Å². The third-order valence-electron chi connectivity index (χ3n) is 5.52. The van der Waals surface area contributed by atoms with E-state index in [9.17, 15) is 0 Å². The van der Waals surface area contributed by atoms with E-state index in [-0.39, 0.29) is 0 Å². The fourth-order valence-corrected chi connectivity index (χ4v) is 4.72. The van der Waals surface area contributed by atoms with Gasteiger partial charge in [-0.25, -0.2) is 0 Å². The van der Waals surface area contributed by atoms with E-state index in [1.165, 1.54) is 19.3 Å². The highest BCUT2D eigenvalue weighted by atomic mass is 14.6. The van der Waals surface area contributed by atoms with Crippen molar-refractivity contribution in [3.8, 4) is 0 Å². The lowest BCUT2D eigenvalue weighted by molar-refractivity contribution is 0.251. The van der Waals surface area contributed by atoms with Crippen LogP contribution in [-0.4, -0.2) is 0 Å². The monoisotopic (exact) mass is 191 g/mol. The van der Waals surface area contributed by atoms with Gasteiger partial charge in [0, 0.05) is 0 Å². The predicted molar refractivity (Wildman–Crippen MR) is 59.7 cm³/mol. The van der Waals surface area contributed by atoms with Crippen LogP contribution in [0.2, 0.25) is 0 Å². The molecule has 0 spiro atoms. The summed E-state index contributed by atoms with van der Waals surface area (Å²) < 4.78 is 0. The van der Waals surface area contributed by atoms with Crippen molar-refractivity contribution < 1.29 is 0 Å². The van der Waals surface area contributed by atoms with Gasteiger partial charge in [-0.05, 0) is 61.2 Å². The van der Waals surface area contributed by atoms with E-state index in [2.05, 4.69) is 13.8 Å². The average molecular weight is 191 g/mol. The molecule has 5 atom stereocenters. The predicted octanol–water partition coefficient (Wildman–Crippen LogP) is 4.06. The zero-order valence-electron chi connectivity index (χ0n) is 9.63. The highest BCUT2D eigenvalue weighted by molar-refractivity contribution is 5.17. The van der Waals surface area contributed by atoms with Gasteiger partial charge in [0.05, 0.1) is 0 Å². The quantitative estimate of drug-likeness (QED) is 0.617. The molecule has 0 saturated heterocycles. The van der Waals surface area contributed by atoms with Gasteiger partial charge in [-0.15, -0.1) is 0 Å². The lowest BCUT2D eigenvalue weighted by Gasteiger charge is -2.34. The number of hydrogen-bond donors (Lipinski definition) is 0. The van der Waals surface area contributed by atoms with Crippen molar-refractivity contribution in [3.63, 3.8) is 0 Å². The average Bonchev–Trinajstić information content (AvgIpc) is 2.86. The molecule has 3 fully saturated rings. The molecule has 0 amide bonds. The van der Waals surface area contributed by atoms with E-state index < -0.39 is 0 Å². The summed E-state index contributed by atoms with van der Waals surface area (Å²) in [6.07, 6.45) is 9.13. The first-order chi connectivity index (χ1) is 6.81. The van der Waals surface area contributed by atoms with Crippen LogP contribution in [0.1, 0.15) is 52.4 Å². The molecule has 0 aliphatic heterocycles.